The standard InChI is InChI=1S/C19H22N2O4S/c1-4-9-25-19(24)17-14(10-26-13-5-7-20-8-6-13)11(2)16-15(12(3)22)18(23)21(16)17/h4-8,11-12,15-16,22H,1,9-10H2,2-3H3/t11?,12?,15-,16+/m0/s1. The fourth-order valence-corrected chi connectivity index (χ4v) is 4.66. The number of hydrogen-bond acceptors (Lipinski definition) is 6. The molecule has 3 rings (SSSR count). The van der Waals surface area contributed by atoms with Gasteiger partial charge in [0, 0.05) is 29.0 Å². The van der Waals surface area contributed by atoms with Crippen LogP contribution < -0.4 is 0 Å². The number of pyridine rings is 1. The van der Waals surface area contributed by atoms with Crippen LogP contribution in [0, 0.1) is 11.8 Å². The predicted molar refractivity (Wildman–Crippen MR) is 98.1 cm³/mol. The van der Waals surface area contributed by atoms with Gasteiger partial charge in [-0.1, -0.05) is 19.6 Å². The maximum absolute atomic E-state index is 12.6. The highest BCUT2D eigenvalue weighted by Gasteiger charge is 2.59. The number of thioether (sulfide) groups is 1. The topological polar surface area (TPSA) is 79.7 Å². The Labute approximate surface area is 156 Å². The molecule has 3 heterocycles. The Balaban J connectivity index is 1.88. The van der Waals surface area contributed by atoms with E-state index in [1.807, 2.05) is 19.1 Å². The Morgan fingerprint density at radius 3 is 2.81 bits per heavy atom. The van der Waals surface area contributed by atoms with Crippen LogP contribution in [0.1, 0.15) is 13.8 Å². The van der Waals surface area contributed by atoms with Crippen molar-refractivity contribution in [3.05, 3.63) is 48.5 Å². The summed E-state index contributed by atoms with van der Waals surface area (Å²) in [5, 5.41) is 9.96. The van der Waals surface area contributed by atoms with Gasteiger partial charge in [-0.25, -0.2) is 4.79 Å². The monoisotopic (exact) mass is 374 g/mol. The molecule has 2 aliphatic rings. The minimum absolute atomic E-state index is 0.0204. The number of ether oxygens (including phenoxy) is 1. The molecule has 1 fully saturated rings. The van der Waals surface area contributed by atoms with E-state index < -0.39 is 18.0 Å². The van der Waals surface area contributed by atoms with Gasteiger partial charge in [-0.2, -0.15) is 0 Å². The number of rotatable bonds is 7. The summed E-state index contributed by atoms with van der Waals surface area (Å²) in [4.78, 5) is 31.7. The van der Waals surface area contributed by atoms with Crippen LogP contribution >= 0.6 is 11.8 Å². The summed E-state index contributed by atoms with van der Waals surface area (Å²) >= 11 is 1.58. The van der Waals surface area contributed by atoms with Crippen LogP contribution in [0.3, 0.4) is 0 Å². The molecule has 0 aliphatic carbocycles. The van der Waals surface area contributed by atoms with E-state index in [0.29, 0.717) is 11.4 Å². The predicted octanol–water partition coefficient (Wildman–Crippen LogP) is 2.01. The molecule has 0 spiro atoms. The molecule has 2 unspecified atom stereocenters. The molecule has 1 N–H and O–H groups in total. The van der Waals surface area contributed by atoms with Gasteiger partial charge in [0.05, 0.1) is 18.1 Å². The van der Waals surface area contributed by atoms with Gasteiger partial charge in [0.25, 0.3) is 0 Å². The van der Waals surface area contributed by atoms with Crippen LogP contribution in [0.15, 0.2) is 53.3 Å². The molecular weight excluding hydrogens is 352 g/mol. The molecule has 6 nitrogen and oxygen atoms in total. The highest BCUT2D eigenvalue weighted by molar-refractivity contribution is 7.99. The smallest absolute Gasteiger partial charge is 0.355 e. The number of aliphatic hydroxyl groups excluding tert-OH is 1. The molecule has 0 aromatic carbocycles. The van der Waals surface area contributed by atoms with Crippen molar-refractivity contribution >= 4 is 23.6 Å². The van der Waals surface area contributed by atoms with Crippen LogP contribution in [0.2, 0.25) is 0 Å². The maximum atomic E-state index is 12.6. The van der Waals surface area contributed by atoms with Crippen LogP contribution in [0.4, 0.5) is 0 Å². The first-order chi connectivity index (χ1) is 12.5. The number of esters is 1. The van der Waals surface area contributed by atoms with E-state index in [0.717, 1.165) is 10.5 Å². The number of amides is 1. The number of β-lactam (4-membered cyclic amide) rings is 1. The molecular formula is C19H22N2O4S. The van der Waals surface area contributed by atoms with Crippen molar-refractivity contribution in [3.8, 4) is 0 Å². The first-order valence-electron chi connectivity index (χ1n) is 8.52. The van der Waals surface area contributed by atoms with E-state index in [9.17, 15) is 14.7 Å². The zero-order valence-electron chi connectivity index (χ0n) is 14.8. The molecule has 26 heavy (non-hydrogen) atoms. The number of nitrogens with zero attached hydrogens (tertiary/aromatic N) is 2. The number of aromatic nitrogens is 1. The lowest BCUT2D eigenvalue weighted by molar-refractivity contribution is -0.164. The van der Waals surface area contributed by atoms with Gasteiger partial charge < -0.3 is 14.7 Å². The second kappa shape index (κ2) is 7.63. The molecule has 1 aromatic heterocycles. The Hall–Kier alpha value is -2.12. The highest BCUT2D eigenvalue weighted by atomic mass is 32.2. The first-order valence-corrected chi connectivity index (χ1v) is 9.51. The Bertz CT molecular complexity index is 747. The largest absolute Gasteiger partial charge is 0.457 e. The second-order valence-corrected chi connectivity index (χ2v) is 7.54. The molecule has 4 atom stereocenters. The van der Waals surface area contributed by atoms with Gasteiger partial charge in [-0.15, -0.1) is 11.8 Å². The van der Waals surface area contributed by atoms with Crippen molar-refractivity contribution in [2.24, 2.45) is 11.8 Å². The third-order valence-corrected chi connectivity index (χ3v) is 5.95. The minimum atomic E-state index is -0.746. The van der Waals surface area contributed by atoms with E-state index in [4.69, 9.17) is 4.74 Å². The summed E-state index contributed by atoms with van der Waals surface area (Å²) in [6.45, 7) is 7.25. The lowest BCUT2D eigenvalue weighted by Gasteiger charge is -2.46. The fraction of sp³-hybridized carbons (Fsp3) is 0.421. The molecule has 138 valence electrons. The summed E-state index contributed by atoms with van der Waals surface area (Å²) < 4.78 is 5.21. The highest BCUT2D eigenvalue weighted by Crippen LogP contribution is 2.48. The van der Waals surface area contributed by atoms with Crippen LogP contribution in [0.25, 0.3) is 0 Å². The summed E-state index contributed by atoms with van der Waals surface area (Å²) in [5.74, 6) is -0.659. The summed E-state index contributed by atoms with van der Waals surface area (Å²) in [6, 6.07) is 3.61. The number of fused-ring (bicyclic) bond motifs is 1. The van der Waals surface area contributed by atoms with Crippen LogP contribution in [-0.4, -0.2) is 51.4 Å². The van der Waals surface area contributed by atoms with E-state index >= 15 is 0 Å². The molecule has 1 aromatic rings. The molecule has 0 bridgehead atoms. The van der Waals surface area contributed by atoms with Gasteiger partial charge in [0.15, 0.2) is 0 Å². The Kier molecular flexibility index (Phi) is 5.48. The van der Waals surface area contributed by atoms with Gasteiger partial charge in [0.1, 0.15) is 12.3 Å². The average Bonchev–Trinajstić information content (AvgIpc) is 2.87. The molecule has 0 saturated carbocycles. The zero-order chi connectivity index (χ0) is 18.8. The van der Waals surface area contributed by atoms with E-state index in [1.54, 1.807) is 31.1 Å². The molecule has 1 amide bonds. The van der Waals surface area contributed by atoms with Gasteiger partial charge >= 0.3 is 5.97 Å². The number of hydrogen-bond donors (Lipinski definition) is 1. The lowest BCUT2D eigenvalue weighted by Crippen LogP contribution is -2.63. The Morgan fingerprint density at radius 2 is 2.19 bits per heavy atom. The van der Waals surface area contributed by atoms with Crippen molar-refractivity contribution in [2.75, 3.05) is 12.4 Å². The van der Waals surface area contributed by atoms with Crippen molar-refractivity contribution in [1.29, 1.82) is 0 Å². The van der Waals surface area contributed by atoms with Crippen molar-refractivity contribution < 1.29 is 19.4 Å². The van der Waals surface area contributed by atoms with Gasteiger partial charge in [-0.3, -0.25) is 9.78 Å². The molecule has 1 saturated heterocycles. The number of aliphatic hydroxyl groups is 1. The average molecular weight is 374 g/mol. The minimum Gasteiger partial charge on any atom is -0.457 e. The van der Waals surface area contributed by atoms with Crippen molar-refractivity contribution in [2.45, 2.75) is 30.9 Å². The second-order valence-electron chi connectivity index (χ2n) is 6.49. The summed E-state index contributed by atoms with van der Waals surface area (Å²) in [5.41, 5.74) is 1.20. The zero-order valence-corrected chi connectivity index (χ0v) is 15.6. The van der Waals surface area contributed by atoms with Crippen molar-refractivity contribution in [3.63, 3.8) is 0 Å². The summed E-state index contributed by atoms with van der Waals surface area (Å²) in [7, 11) is 0. The van der Waals surface area contributed by atoms with Gasteiger partial charge in [-0.05, 0) is 24.6 Å². The van der Waals surface area contributed by atoms with E-state index in [-0.39, 0.29) is 24.5 Å². The van der Waals surface area contributed by atoms with E-state index in [1.165, 1.54) is 11.0 Å². The molecule has 7 heteroatoms. The lowest BCUT2D eigenvalue weighted by atomic mass is 9.78. The van der Waals surface area contributed by atoms with E-state index in [2.05, 4.69) is 11.6 Å². The van der Waals surface area contributed by atoms with Crippen LogP contribution in [-0.2, 0) is 14.3 Å². The third kappa shape index (κ3) is 3.17. The van der Waals surface area contributed by atoms with Gasteiger partial charge in [0.2, 0.25) is 5.91 Å². The van der Waals surface area contributed by atoms with Crippen molar-refractivity contribution in [1.82, 2.24) is 9.88 Å². The normalized spacial score (nSPS) is 25.6. The first kappa shape index (κ1) is 18.7. The quantitative estimate of drug-likeness (QED) is 0.340. The SMILES string of the molecule is C=CCOC(=O)C1=C(CSc2ccncc2)C(C)[C@@H]2[C@H](C(C)O)C(=O)N12. The maximum Gasteiger partial charge on any atom is 0.355 e. The fourth-order valence-electron chi connectivity index (χ4n) is 3.62. The molecule has 0 radical (unpaired) electrons. The Morgan fingerprint density at radius 1 is 1.50 bits per heavy atom. The molecule has 2 aliphatic heterocycles. The van der Waals surface area contributed by atoms with Crippen LogP contribution in [0.5, 0.6) is 0 Å². The number of carbonyl (C=O) groups excluding carboxylic acids is 2. The third-order valence-electron chi connectivity index (χ3n) is 4.89. The summed E-state index contributed by atoms with van der Waals surface area (Å²) in [6.07, 6.45) is 4.18. The number of carbonyl (C=O) groups is 2.